The second kappa shape index (κ2) is 11.7. The molecule has 2 aliphatic rings. The molecule has 0 aliphatic carbocycles. The molecular formula is C26H30F2N6O4S2. The van der Waals surface area contributed by atoms with E-state index in [1.807, 2.05) is 7.05 Å². The first-order chi connectivity index (χ1) is 19.1. The summed E-state index contributed by atoms with van der Waals surface area (Å²) in [4.78, 5) is 23.3. The Morgan fingerprint density at radius 2 is 1.85 bits per heavy atom. The van der Waals surface area contributed by atoms with Crippen LogP contribution < -0.4 is 15.8 Å². The highest BCUT2D eigenvalue weighted by atomic mass is 32.2. The van der Waals surface area contributed by atoms with Crippen LogP contribution in [0.5, 0.6) is 5.88 Å². The van der Waals surface area contributed by atoms with Gasteiger partial charge < -0.3 is 20.7 Å². The minimum absolute atomic E-state index is 0.0308. The summed E-state index contributed by atoms with van der Waals surface area (Å²) in [6.07, 6.45) is 4.30. The Hall–Kier alpha value is -3.20. The third-order valence-corrected chi connectivity index (χ3v) is 9.93. The summed E-state index contributed by atoms with van der Waals surface area (Å²) >= 11 is 0.906. The fourth-order valence-corrected chi connectivity index (χ4v) is 7.25. The summed E-state index contributed by atoms with van der Waals surface area (Å²) in [6, 6.07) is 6.16. The second-order valence-electron chi connectivity index (χ2n) is 9.96. The summed E-state index contributed by atoms with van der Waals surface area (Å²) in [7, 11) is -1.70. The number of nitrogens with one attached hydrogen (secondary N) is 1. The van der Waals surface area contributed by atoms with Gasteiger partial charge in [0, 0.05) is 31.7 Å². The lowest BCUT2D eigenvalue weighted by molar-refractivity contribution is 0.0999. The predicted molar refractivity (Wildman–Crippen MR) is 147 cm³/mol. The van der Waals surface area contributed by atoms with Crippen LogP contribution in [0.15, 0.2) is 41.4 Å². The Morgan fingerprint density at radius 1 is 1.12 bits per heavy atom. The molecule has 0 radical (unpaired) electrons. The number of hydrogen-bond donors (Lipinski definition) is 2. The van der Waals surface area contributed by atoms with Gasteiger partial charge in [-0.05, 0) is 57.5 Å². The number of rotatable bonds is 8. The van der Waals surface area contributed by atoms with Gasteiger partial charge in [0.25, 0.3) is 0 Å². The lowest BCUT2D eigenvalue weighted by Gasteiger charge is -2.31. The summed E-state index contributed by atoms with van der Waals surface area (Å²) in [6.45, 7) is 2.37. The zero-order valence-corrected chi connectivity index (χ0v) is 23.5. The molecule has 40 heavy (non-hydrogen) atoms. The number of nitrogen functional groups attached to an aromatic ring is 1. The Kier molecular flexibility index (Phi) is 8.31. The van der Waals surface area contributed by atoms with Crippen molar-refractivity contribution >= 4 is 38.1 Å². The highest BCUT2D eigenvalue weighted by molar-refractivity contribution is 7.89. The van der Waals surface area contributed by atoms with Crippen LogP contribution in [0.25, 0.3) is 0 Å². The van der Waals surface area contributed by atoms with E-state index in [0.29, 0.717) is 23.9 Å². The lowest BCUT2D eigenvalue weighted by Crippen LogP contribution is -2.42. The zero-order valence-electron chi connectivity index (χ0n) is 21.8. The van der Waals surface area contributed by atoms with E-state index >= 15 is 0 Å². The molecule has 3 aromatic rings. The smallest absolute Gasteiger partial charge is 0.244 e. The van der Waals surface area contributed by atoms with E-state index in [0.717, 1.165) is 49.4 Å². The van der Waals surface area contributed by atoms with Crippen molar-refractivity contribution in [2.75, 3.05) is 44.3 Å². The topological polar surface area (TPSA) is 131 Å². The van der Waals surface area contributed by atoms with Gasteiger partial charge in [-0.15, -0.1) is 0 Å². The van der Waals surface area contributed by atoms with E-state index in [9.17, 15) is 22.0 Å². The van der Waals surface area contributed by atoms with Crippen molar-refractivity contribution in [2.45, 2.75) is 42.7 Å². The van der Waals surface area contributed by atoms with Crippen LogP contribution in [0, 0.1) is 11.6 Å². The maximum absolute atomic E-state index is 14.1. The Labute approximate surface area is 235 Å². The monoisotopic (exact) mass is 592 g/mol. The quantitative estimate of drug-likeness (QED) is 0.378. The molecule has 1 atom stereocenters. The van der Waals surface area contributed by atoms with Crippen LogP contribution in [0.3, 0.4) is 0 Å². The zero-order chi connectivity index (χ0) is 28.4. The van der Waals surface area contributed by atoms with E-state index < -0.39 is 33.0 Å². The molecule has 0 unspecified atom stereocenters. The average Bonchev–Trinajstić information content (AvgIpc) is 3.29. The van der Waals surface area contributed by atoms with Gasteiger partial charge in [0.1, 0.15) is 33.3 Å². The number of likely N-dealkylation sites (tertiary alicyclic amines) is 1. The predicted octanol–water partition coefficient (Wildman–Crippen LogP) is 3.37. The minimum Gasteiger partial charge on any atom is -0.473 e. The maximum atomic E-state index is 14.1. The number of thiazole rings is 1. The number of aromatic nitrogens is 2. The lowest BCUT2D eigenvalue weighted by atomic mass is 10.1. The molecule has 2 aliphatic heterocycles. The molecule has 0 amide bonds. The normalized spacial score (nSPS) is 19.4. The van der Waals surface area contributed by atoms with Crippen LogP contribution in [0.4, 0.5) is 19.7 Å². The number of hydrogen-bond acceptors (Lipinski definition) is 10. The van der Waals surface area contributed by atoms with Crippen LogP contribution in [0.1, 0.15) is 40.9 Å². The SMILES string of the molecule is CN1CCC[C@H](Oc2ccc(S(=O)(=O)N3CCC(Nc4nc(N)c(C(=O)c5c(F)cccc5F)s4)CC3)cn2)C1. The fourth-order valence-electron chi connectivity index (χ4n) is 4.92. The van der Waals surface area contributed by atoms with Gasteiger partial charge in [-0.2, -0.15) is 4.31 Å². The molecule has 4 heterocycles. The largest absolute Gasteiger partial charge is 0.473 e. The van der Waals surface area contributed by atoms with Gasteiger partial charge in [-0.25, -0.2) is 27.2 Å². The van der Waals surface area contributed by atoms with Gasteiger partial charge in [0.2, 0.25) is 21.7 Å². The molecule has 2 aromatic heterocycles. The first-order valence-corrected chi connectivity index (χ1v) is 15.2. The third kappa shape index (κ3) is 6.09. The number of benzene rings is 1. The van der Waals surface area contributed by atoms with Crippen molar-refractivity contribution in [3.63, 3.8) is 0 Å². The van der Waals surface area contributed by atoms with Crippen LogP contribution in [-0.4, -0.2) is 78.7 Å². The molecule has 2 saturated heterocycles. The van der Waals surface area contributed by atoms with Gasteiger partial charge in [0.05, 0.1) is 11.8 Å². The second-order valence-corrected chi connectivity index (χ2v) is 12.9. The number of nitrogens with two attached hydrogens (primary N) is 1. The number of sulfonamides is 1. The van der Waals surface area contributed by atoms with Gasteiger partial charge >= 0.3 is 0 Å². The van der Waals surface area contributed by atoms with Gasteiger partial charge in [-0.1, -0.05) is 17.4 Å². The maximum Gasteiger partial charge on any atom is 0.244 e. The molecule has 3 N–H and O–H groups in total. The number of ketones is 1. The van der Waals surface area contributed by atoms with E-state index in [2.05, 4.69) is 20.2 Å². The standard InChI is InChI=1S/C26H30F2N6O4S2/c1-33-11-3-4-17(15-33)38-21-8-7-18(14-30-21)40(36,37)34-12-9-16(10-13-34)31-26-32-25(29)24(39-26)23(35)22-19(27)5-2-6-20(22)28/h2,5-8,14,16-17H,3-4,9-13,15,29H2,1H3,(H,31,32)/t17-/m0/s1. The first kappa shape index (κ1) is 28.3. The number of likely N-dealkylation sites (N-methyl/N-ethyl adjacent to an activating group) is 1. The number of halogens is 2. The molecule has 0 saturated carbocycles. The van der Waals surface area contributed by atoms with Crippen molar-refractivity contribution in [2.24, 2.45) is 0 Å². The number of carbonyl (C=O) groups is 1. The third-order valence-electron chi connectivity index (χ3n) is 7.05. The van der Waals surface area contributed by atoms with Gasteiger partial charge in [-0.3, -0.25) is 4.79 Å². The van der Waals surface area contributed by atoms with Crippen molar-refractivity contribution in [1.29, 1.82) is 0 Å². The number of nitrogens with zero attached hydrogens (tertiary/aromatic N) is 4. The number of carbonyl (C=O) groups excluding carboxylic acids is 1. The molecule has 5 rings (SSSR count). The van der Waals surface area contributed by atoms with Gasteiger partial charge in [0.15, 0.2) is 5.13 Å². The number of pyridine rings is 1. The summed E-state index contributed by atoms with van der Waals surface area (Å²) in [5, 5.41) is 3.49. The first-order valence-electron chi connectivity index (χ1n) is 12.9. The van der Waals surface area contributed by atoms with Crippen molar-refractivity contribution in [3.8, 4) is 5.88 Å². The molecule has 1 aromatic carbocycles. The molecular weight excluding hydrogens is 562 g/mol. The number of ether oxygens (including phenoxy) is 1. The fraction of sp³-hybridized carbons (Fsp3) is 0.423. The molecule has 2 fully saturated rings. The molecule has 0 spiro atoms. The summed E-state index contributed by atoms with van der Waals surface area (Å²) in [5.74, 6) is -2.56. The Bertz CT molecular complexity index is 1460. The van der Waals surface area contributed by atoms with Crippen LogP contribution in [0.2, 0.25) is 0 Å². The number of piperidine rings is 2. The van der Waals surface area contributed by atoms with Crippen molar-refractivity contribution in [1.82, 2.24) is 19.2 Å². The molecule has 0 bridgehead atoms. The van der Waals surface area contributed by atoms with Crippen molar-refractivity contribution in [3.05, 3.63) is 58.6 Å². The van der Waals surface area contributed by atoms with Crippen LogP contribution >= 0.6 is 11.3 Å². The van der Waals surface area contributed by atoms with E-state index in [-0.39, 0.29) is 40.8 Å². The van der Waals surface area contributed by atoms with Crippen LogP contribution in [-0.2, 0) is 10.0 Å². The summed E-state index contributed by atoms with van der Waals surface area (Å²) < 4.78 is 61.9. The molecule has 10 nitrogen and oxygen atoms in total. The minimum atomic E-state index is -3.74. The number of anilines is 2. The molecule has 214 valence electrons. The van der Waals surface area contributed by atoms with Crippen molar-refractivity contribution < 1.29 is 26.7 Å². The Morgan fingerprint density at radius 3 is 2.50 bits per heavy atom. The van der Waals surface area contributed by atoms with E-state index in [4.69, 9.17) is 10.5 Å². The van der Waals surface area contributed by atoms with E-state index in [1.54, 1.807) is 6.07 Å². The average molecular weight is 593 g/mol. The highest BCUT2D eigenvalue weighted by Crippen LogP contribution is 2.31. The van der Waals surface area contributed by atoms with E-state index in [1.165, 1.54) is 22.6 Å². The Balaban J connectivity index is 1.18. The highest BCUT2D eigenvalue weighted by Gasteiger charge is 2.31. The summed E-state index contributed by atoms with van der Waals surface area (Å²) in [5.41, 5.74) is 5.20. The molecule has 14 heteroatoms.